The van der Waals surface area contributed by atoms with Gasteiger partial charge in [-0.05, 0) is 33.2 Å². The highest BCUT2D eigenvalue weighted by Gasteiger charge is 2.12. The molecule has 0 atom stereocenters. The molecule has 0 spiro atoms. The Labute approximate surface area is 127 Å². The van der Waals surface area contributed by atoms with E-state index in [0.29, 0.717) is 5.92 Å². The summed E-state index contributed by atoms with van der Waals surface area (Å²) in [4.78, 5) is 8.34. The van der Waals surface area contributed by atoms with Crippen molar-refractivity contribution in [2.45, 2.75) is 41.2 Å². The monoisotopic (exact) mass is 299 g/mol. The summed E-state index contributed by atoms with van der Waals surface area (Å²) in [6.45, 7) is 16.1. The molecule has 0 saturated heterocycles. The van der Waals surface area contributed by atoms with Crippen LogP contribution in [0.2, 0.25) is 0 Å². The maximum Gasteiger partial charge on any atom is 0.185 e. The van der Waals surface area contributed by atoms with E-state index >= 15 is 0 Å². The van der Waals surface area contributed by atoms with Crippen molar-refractivity contribution in [2.75, 3.05) is 37.7 Å². The van der Waals surface area contributed by atoms with Crippen LogP contribution in [-0.4, -0.2) is 37.8 Å². The number of likely N-dealkylation sites (N-methyl/N-ethyl adjacent to an activating group) is 1. The predicted molar refractivity (Wildman–Crippen MR) is 87.8 cm³/mol. The maximum absolute atomic E-state index is 5.44. The van der Waals surface area contributed by atoms with E-state index in [0.717, 1.165) is 50.2 Å². The smallest absolute Gasteiger partial charge is 0.185 e. The lowest BCUT2D eigenvalue weighted by molar-refractivity contribution is 0.154. The molecular formula is C15H29N3OS. The van der Waals surface area contributed by atoms with Crippen LogP contribution < -0.4 is 10.2 Å². The first-order valence-electron chi connectivity index (χ1n) is 7.58. The average molecular weight is 299 g/mol. The Morgan fingerprint density at radius 2 is 2.10 bits per heavy atom. The van der Waals surface area contributed by atoms with E-state index in [2.05, 4.69) is 37.9 Å². The van der Waals surface area contributed by atoms with E-state index in [4.69, 9.17) is 9.72 Å². The third-order valence-corrected chi connectivity index (χ3v) is 4.30. The largest absolute Gasteiger partial charge is 0.380 e. The molecule has 0 bridgehead atoms. The van der Waals surface area contributed by atoms with Crippen molar-refractivity contribution in [3.05, 3.63) is 10.6 Å². The van der Waals surface area contributed by atoms with Gasteiger partial charge >= 0.3 is 0 Å². The van der Waals surface area contributed by atoms with Crippen LogP contribution in [-0.2, 0) is 11.3 Å². The number of thiazole rings is 1. The number of hydrogen-bond acceptors (Lipinski definition) is 5. The molecule has 0 aliphatic heterocycles. The Kier molecular flexibility index (Phi) is 8.11. The van der Waals surface area contributed by atoms with Crippen LogP contribution in [0.4, 0.5) is 5.13 Å². The number of aryl methyl sites for hydroxylation is 1. The maximum atomic E-state index is 5.44. The third kappa shape index (κ3) is 5.77. The topological polar surface area (TPSA) is 37.4 Å². The highest BCUT2D eigenvalue weighted by molar-refractivity contribution is 7.15. The van der Waals surface area contributed by atoms with Crippen molar-refractivity contribution in [3.8, 4) is 0 Å². The van der Waals surface area contributed by atoms with E-state index < -0.39 is 0 Å². The molecule has 0 aliphatic carbocycles. The molecule has 1 aromatic heterocycles. The van der Waals surface area contributed by atoms with Crippen molar-refractivity contribution in [3.63, 3.8) is 0 Å². The van der Waals surface area contributed by atoms with Crippen LogP contribution in [0.25, 0.3) is 0 Å². The fourth-order valence-electron chi connectivity index (χ4n) is 1.89. The number of ether oxygens (including phenoxy) is 1. The minimum atomic E-state index is 0.682. The molecule has 0 radical (unpaired) electrons. The second-order valence-corrected chi connectivity index (χ2v) is 6.37. The molecule has 1 rings (SSSR count). The van der Waals surface area contributed by atoms with Gasteiger partial charge in [-0.3, -0.25) is 0 Å². The summed E-state index contributed by atoms with van der Waals surface area (Å²) < 4.78 is 5.44. The fourth-order valence-corrected chi connectivity index (χ4v) is 3.01. The van der Waals surface area contributed by atoms with Crippen LogP contribution in [0.1, 0.15) is 38.3 Å². The Balaban J connectivity index is 2.57. The molecule has 0 unspecified atom stereocenters. The molecule has 0 aromatic carbocycles. The van der Waals surface area contributed by atoms with Gasteiger partial charge in [0.1, 0.15) is 0 Å². The second-order valence-electron chi connectivity index (χ2n) is 5.31. The summed E-state index contributed by atoms with van der Waals surface area (Å²) >= 11 is 1.80. The molecule has 1 N–H and O–H groups in total. The summed E-state index contributed by atoms with van der Waals surface area (Å²) in [6, 6.07) is 0. The number of anilines is 1. The van der Waals surface area contributed by atoms with Gasteiger partial charge in [-0.15, -0.1) is 11.3 Å². The van der Waals surface area contributed by atoms with Crippen LogP contribution in [0.5, 0.6) is 0 Å². The van der Waals surface area contributed by atoms with Gasteiger partial charge in [0, 0.05) is 31.1 Å². The SMILES string of the molecule is CCOCCN(CC)c1nc(C)c(CNCC(C)C)s1. The highest BCUT2D eigenvalue weighted by Crippen LogP contribution is 2.25. The van der Waals surface area contributed by atoms with Crippen LogP contribution in [0.15, 0.2) is 0 Å². The molecule has 116 valence electrons. The van der Waals surface area contributed by atoms with Gasteiger partial charge in [-0.2, -0.15) is 0 Å². The lowest BCUT2D eigenvalue weighted by Gasteiger charge is -2.19. The van der Waals surface area contributed by atoms with Crippen molar-refractivity contribution in [2.24, 2.45) is 5.92 Å². The van der Waals surface area contributed by atoms with Gasteiger partial charge in [0.2, 0.25) is 0 Å². The molecule has 0 aliphatic rings. The molecule has 5 heteroatoms. The zero-order valence-corrected chi connectivity index (χ0v) is 14.3. The second kappa shape index (κ2) is 9.32. The first-order valence-corrected chi connectivity index (χ1v) is 8.39. The zero-order chi connectivity index (χ0) is 15.0. The Bertz CT molecular complexity index is 379. The van der Waals surface area contributed by atoms with Crippen LogP contribution >= 0.6 is 11.3 Å². The van der Waals surface area contributed by atoms with E-state index in [1.807, 2.05) is 6.92 Å². The molecule has 0 fully saturated rings. The van der Waals surface area contributed by atoms with Gasteiger partial charge < -0.3 is 15.0 Å². The summed E-state index contributed by atoms with van der Waals surface area (Å²) in [5, 5.41) is 4.61. The van der Waals surface area contributed by atoms with E-state index in [9.17, 15) is 0 Å². The summed E-state index contributed by atoms with van der Waals surface area (Å²) in [5.41, 5.74) is 1.15. The molecule has 0 amide bonds. The Morgan fingerprint density at radius 1 is 1.35 bits per heavy atom. The number of aromatic nitrogens is 1. The number of nitrogens with one attached hydrogen (secondary N) is 1. The minimum absolute atomic E-state index is 0.682. The van der Waals surface area contributed by atoms with Crippen molar-refractivity contribution in [1.29, 1.82) is 0 Å². The summed E-state index contributed by atoms with van der Waals surface area (Å²) in [5.74, 6) is 0.682. The number of rotatable bonds is 10. The fraction of sp³-hybridized carbons (Fsp3) is 0.800. The van der Waals surface area contributed by atoms with Crippen LogP contribution in [0, 0.1) is 12.8 Å². The zero-order valence-electron chi connectivity index (χ0n) is 13.5. The summed E-state index contributed by atoms with van der Waals surface area (Å²) in [6.07, 6.45) is 0. The molecule has 0 saturated carbocycles. The third-order valence-electron chi connectivity index (χ3n) is 3.08. The lowest BCUT2D eigenvalue weighted by atomic mass is 10.2. The highest BCUT2D eigenvalue weighted by atomic mass is 32.1. The first kappa shape index (κ1) is 17.4. The van der Waals surface area contributed by atoms with Crippen molar-refractivity contribution >= 4 is 16.5 Å². The van der Waals surface area contributed by atoms with Gasteiger partial charge in [-0.1, -0.05) is 13.8 Å². The van der Waals surface area contributed by atoms with Gasteiger partial charge in [0.25, 0.3) is 0 Å². The van der Waals surface area contributed by atoms with Gasteiger partial charge in [0.05, 0.1) is 12.3 Å². The number of nitrogens with zero attached hydrogens (tertiary/aromatic N) is 2. The lowest BCUT2D eigenvalue weighted by Crippen LogP contribution is -2.27. The molecule has 1 heterocycles. The average Bonchev–Trinajstić information content (AvgIpc) is 2.76. The van der Waals surface area contributed by atoms with E-state index in [1.54, 1.807) is 11.3 Å². The van der Waals surface area contributed by atoms with Crippen molar-refractivity contribution in [1.82, 2.24) is 10.3 Å². The van der Waals surface area contributed by atoms with Crippen molar-refractivity contribution < 1.29 is 4.74 Å². The van der Waals surface area contributed by atoms with E-state index in [1.165, 1.54) is 4.88 Å². The predicted octanol–water partition coefficient (Wildman–Crippen LogP) is 3.06. The number of hydrogen-bond donors (Lipinski definition) is 1. The van der Waals surface area contributed by atoms with Crippen LogP contribution in [0.3, 0.4) is 0 Å². The minimum Gasteiger partial charge on any atom is -0.380 e. The molecular weight excluding hydrogens is 270 g/mol. The molecule has 4 nitrogen and oxygen atoms in total. The quantitative estimate of drug-likeness (QED) is 0.674. The normalized spacial score (nSPS) is 11.3. The summed E-state index contributed by atoms with van der Waals surface area (Å²) in [7, 11) is 0. The molecule has 20 heavy (non-hydrogen) atoms. The van der Waals surface area contributed by atoms with Gasteiger partial charge in [0.15, 0.2) is 5.13 Å². The Morgan fingerprint density at radius 3 is 2.70 bits per heavy atom. The van der Waals surface area contributed by atoms with Gasteiger partial charge in [-0.25, -0.2) is 4.98 Å². The standard InChI is InChI=1S/C15H29N3OS/c1-6-18(8-9-19-7-2)15-17-13(5)14(20-15)11-16-10-12(3)4/h12,16H,6-11H2,1-5H3. The Hall–Kier alpha value is -0.650. The first-order chi connectivity index (χ1) is 9.58. The van der Waals surface area contributed by atoms with E-state index in [-0.39, 0.29) is 0 Å². The molecule has 1 aromatic rings.